The number of hydrogen-bond donors (Lipinski definition) is 4. The first kappa shape index (κ1) is 23.1. The summed E-state index contributed by atoms with van der Waals surface area (Å²) in [7, 11) is 0. The Labute approximate surface area is 177 Å². The van der Waals surface area contributed by atoms with Gasteiger partial charge < -0.3 is 20.4 Å². The molecule has 0 bridgehead atoms. The van der Waals surface area contributed by atoms with Crippen molar-refractivity contribution in [1.82, 2.24) is 0 Å². The Kier molecular flexibility index (Phi) is 8.10. The third-order valence-corrected chi connectivity index (χ3v) is 4.99. The fourth-order valence-corrected chi connectivity index (χ4v) is 3.13. The Morgan fingerprint density at radius 2 is 1.83 bits per heavy atom. The number of phenols is 2. The highest BCUT2D eigenvalue weighted by atomic mass is 16.3. The van der Waals surface area contributed by atoms with E-state index in [9.17, 15) is 25.2 Å². The average molecular weight is 411 g/mol. The maximum absolute atomic E-state index is 12.6. The molecule has 160 valence electrons. The molecule has 1 aromatic carbocycles. The van der Waals surface area contributed by atoms with Crippen LogP contribution in [0.1, 0.15) is 56.0 Å². The van der Waals surface area contributed by atoms with Crippen molar-refractivity contribution in [2.24, 2.45) is 5.92 Å². The number of carbonyl (C=O) groups excluding carboxylic acids is 1. The number of benzene rings is 1. The zero-order valence-corrected chi connectivity index (χ0v) is 17.7. The molecule has 1 aliphatic rings. The van der Waals surface area contributed by atoms with Crippen LogP contribution in [0.2, 0.25) is 0 Å². The summed E-state index contributed by atoms with van der Waals surface area (Å²) in [6, 6.07) is 2.81. The minimum atomic E-state index is -0.398. The van der Waals surface area contributed by atoms with Gasteiger partial charge in [0.1, 0.15) is 17.3 Å². The van der Waals surface area contributed by atoms with Crippen LogP contribution in [0.4, 0.5) is 0 Å². The minimum absolute atomic E-state index is 0.0536. The van der Waals surface area contributed by atoms with Gasteiger partial charge in [-0.05, 0) is 64.3 Å². The lowest BCUT2D eigenvalue weighted by Gasteiger charge is -2.13. The van der Waals surface area contributed by atoms with Gasteiger partial charge in [-0.15, -0.1) is 0 Å². The molecule has 0 heterocycles. The van der Waals surface area contributed by atoms with E-state index in [1.165, 1.54) is 29.9 Å². The average Bonchev–Trinajstić information content (AvgIpc) is 2.68. The van der Waals surface area contributed by atoms with Gasteiger partial charge in [-0.1, -0.05) is 35.5 Å². The topological polar surface area (TPSA) is 98.0 Å². The second-order valence-corrected chi connectivity index (χ2v) is 7.82. The summed E-state index contributed by atoms with van der Waals surface area (Å²) in [4.78, 5) is 12.6. The van der Waals surface area contributed by atoms with Crippen molar-refractivity contribution in [3.63, 3.8) is 0 Å². The van der Waals surface area contributed by atoms with Crippen molar-refractivity contribution in [3.05, 3.63) is 82.4 Å². The lowest BCUT2D eigenvalue weighted by atomic mass is 9.96. The van der Waals surface area contributed by atoms with Gasteiger partial charge >= 0.3 is 0 Å². The van der Waals surface area contributed by atoms with Gasteiger partial charge in [-0.25, -0.2) is 0 Å². The number of carbonyl (C=O) groups is 1. The van der Waals surface area contributed by atoms with E-state index in [1.807, 2.05) is 13.0 Å². The number of hydrogen-bond acceptors (Lipinski definition) is 5. The normalized spacial score (nSPS) is 16.9. The Hall–Kier alpha value is -3.21. The molecule has 0 aromatic heterocycles. The van der Waals surface area contributed by atoms with E-state index in [0.29, 0.717) is 12.0 Å². The summed E-state index contributed by atoms with van der Waals surface area (Å²) < 4.78 is 0. The molecule has 5 nitrogen and oxygen atoms in total. The van der Waals surface area contributed by atoms with Crippen LogP contribution < -0.4 is 0 Å². The van der Waals surface area contributed by atoms with E-state index in [4.69, 9.17) is 0 Å². The molecule has 0 radical (unpaired) electrons. The zero-order chi connectivity index (χ0) is 22.3. The van der Waals surface area contributed by atoms with E-state index in [0.717, 1.165) is 18.4 Å². The molecular weight excluding hydrogens is 380 g/mol. The number of allylic oxidation sites excluding steroid dienone is 9. The standard InChI is InChI=1S/C25H30O5/c1-16(2)5-4-6-17(3)7-10-19-22(27)14-11-20(25(19)30)21(26)12-8-18-9-13-23(28)24(29)15-18/h5,7-9,11-14,18,27-30H,4,6,10,15H2,1-3H3/b12-8?,17-7+. The Morgan fingerprint density at radius 3 is 2.50 bits per heavy atom. The van der Waals surface area contributed by atoms with E-state index in [-0.39, 0.29) is 40.9 Å². The van der Waals surface area contributed by atoms with Crippen LogP contribution in [0.5, 0.6) is 11.5 Å². The Bertz CT molecular complexity index is 941. The molecule has 5 heteroatoms. The number of aromatic hydroxyl groups is 2. The maximum atomic E-state index is 12.6. The van der Waals surface area contributed by atoms with Crippen molar-refractivity contribution >= 4 is 5.78 Å². The molecular formula is C25H30O5. The molecule has 1 aliphatic carbocycles. The molecule has 0 aliphatic heterocycles. The first-order valence-corrected chi connectivity index (χ1v) is 10.0. The maximum Gasteiger partial charge on any atom is 0.189 e. The van der Waals surface area contributed by atoms with Gasteiger partial charge in [-0.3, -0.25) is 4.79 Å². The molecule has 0 amide bonds. The van der Waals surface area contributed by atoms with Crippen LogP contribution >= 0.6 is 0 Å². The highest BCUT2D eigenvalue weighted by Gasteiger charge is 2.17. The number of phenolic OH excluding ortho intramolecular Hbond substituents is 2. The van der Waals surface area contributed by atoms with Crippen LogP contribution in [0, 0.1) is 5.92 Å². The SMILES string of the molecule is CC(C)=CCC/C(C)=C/Cc1c(O)ccc(C(=O)C=CC2C=CC(O)=C(O)C2)c1O. The van der Waals surface area contributed by atoms with Crippen molar-refractivity contribution in [2.75, 3.05) is 0 Å². The number of rotatable bonds is 8. The smallest absolute Gasteiger partial charge is 0.189 e. The first-order valence-electron chi connectivity index (χ1n) is 10.0. The molecule has 0 spiro atoms. The molecule has 1 aromatic rings. The molecule has 0 saturated heterocycles. The summed E-state index contributed by atoms with van der Waals surface area (Å²) in [5.41, 5.74) is 2.84. The van der Waals surface area contributed by atoms with Gasteiger partial charge in [-0.2, -0.15) is 0 Å². The summed E-state index contributed by atoms with van der Waals surface area (Å²) in [5, 5.41) is 39.7. The third-order valence-electron chi connectivity index (χ3n) is 4.99. The van der Waals surface area contributed by atoms with Gasteiger partial charge in [0, 0.05) is 17.9 Å². The quantitative estimate of drug-likeness (QED) is 0.240. The predicted molar refractivity (Wildman–Crippen MR) is 119 cm³/mol. The highest BCUT2D eigenvalue weighted by molar-refractivity contribution is 6.07. The summed E-state index contributed by atoms with van der Waals surface area (Å²) >= 11 is 0. The molecule has 30 heavy (non-hydrogen) atoms. The number of aliphatic hydroxyl groups excluding tert-OH is 2. The van der Waals surface area contributed by atoms with Gasteiger partial charge in [0.15, 0.2) is 11.5 Å². The van der Waals surface area contributed by atoms with Gasteiger partial charge in [0.25, 0.3) is 0 Å². The van der Waals surface area contributed by atoms with Crippen LogP contribution in [0.25, 0.3) is 0 Å². The fourth-order valence-electron chi connectivity index (χ4n) is 3.13. The highest BCUT2D eigenvalue weighted by Crippen LogP contribution is 2.32. The molecule has 1 atom stereocenters. The molecule has 1 unspecified atom stereocenters. The van der Waals surface area contributed by atoms with E-state index in [2.05, 4.69) is 19.9 Å². The van der Waals surface area contributed by atoms with Gasteiger partial charge in [0.2, 0.25) is 0 Å². The number of ketones is 1. The summed E-state index contributed by atoms with van der Waals surface area (Å²) in [6.45, 7) is 6.11. The lowest BCUT2D eigenvalue weighted by Crippen LogP contribution is -2.04. The Balaban J connectivity index is 2.11. The van der Waals surface area contributed by atoms with Crippen molar-refractivity contribution in [1.29, 1.82) is 0 Å². The first-order chi connectivity index (χ1) is 14.2. The minimum Gasteiger partial charge on any atom is -0.508 e. The second kappa shape index (κ2) is 10.5. The molecule has 0 fully saturated rings. The van der Waals surface area contributed by atoms with Crippen molar-refractivity contribution in [2.45, 2.75) is 46.5 Å². The molecule has 4 N–H and O–H groups in total. The molecule has 0 saturated carbocycles. The largest absolute Gasteiger partial charge is 0.508 e. The van der Waals surface area contributed by atoms with Crippen LogP contribution in [0.3, 0.4) is 0 Å². The predicted octanol–water partition coefficient (Wildman–Crippen LogP) is 5.98. The summed E-state index contributed by atoms with van der Waals surface area (Å²) in [5.74, 6) is -1.20. The van der Waals surface area contributed by atoms with E-state index < -0.39 is 5.78 Å². The zero-order valence-electron chi connectivity index (χ0n) is 17.7. The third kappa shape index (κ3) is 6.41. The van der Waals surface area contributed by atoms with Gasteiger partial charge in [0.05, 0.1) is 5.56 Å². The van der Waals surface area contributed by atoms with Crippen LogP contribution in [-0.4, -0.2) is 26.2 Å². The van der Waals surface area contributed by atoms with E-state index >= 15 is 0 Å². The van der Waals surface area contributed by atoms with E-state index in [1.54, 1.807) is 12.2 Å². The fraction of sp³-hybridized carbons (Fsp3) is 0.320. The van der Waals surface area contributed by atoms with Crippen molar-refractivity contribution < 1.29 is 25.2 Å². The van der Waals surface area contributed by atoms with Crippen LogP contribution in [0.15, 0.2) is 71.3 Å². The summed E-state index contributed by atoms with van der Waals surface area (Å²) in [6.07, 6.45) is 12.5. The van der Waals surface area contributed by atoms with Crippen molar-refractivity contribution in [3.8, 4) is 11.5 Å². The second-order valence-electron chi connectivity index (χ2n) is 7.82. The lowest BCUT2D eigenvalue weighted by molar-refractivity contribution is 0.104. The molecule has 2 rings (SSSR count). The van der Waals surface area contributed by atoms with Crippen LogP contribution in [-0.2, 0) is 6.42 Å². The Morgan fingerprint density at radius 1 is 1.10 bits per heavy atom. The number of aliphatic hydroxyl groups is 2. The monoisotopic (exact) mass is 410 g/mol.